The van der Waals surface area contributed by atoms with Gasteiger partial charge in [0.15, 0.2) is 0 Å². The lowest BCUT2D eigenvalue weighted by molar-refractivity contribution is 0.0903. The van der Waals surface area contributed by atoms with Crippen molar-refractivity contribution in [3.05, 3.63) is 23.1 Å². The van der Waals surface area contributed by atoms with Gasteiger partial charge in [-0.05, 0) is 32.1 Å². The maximum atomic E-state index is 6.36. The fraction of sp³-hybridized carbons (Fsp3) is 0.562. The number of aromatic nitrogens is 4. The predicted molar refractivity (Wildman–Crippen MR) is 88.7 cm³/mol. The fourth-order valence-electron chi connectivity index (χ4n) is 3.27. The highest BCUT2D eigenvalue weighted by Gasteiger charge is 2.20. The molecule has 1 saturated heterocycles. The Labute approximate surface area is 140 Å². The Bertz CT molecular complexity index is 696. The van der Waals surface area contributed by atoms with E-state index < -0.39 is 0 Å². The molecular weight excluding hydrogens is 314 g/mol. The average molecular weight is 334 g/mol. The number of aryl methyl sites for hydroxylation is 1. The van der Waals surface area contributed by atoms with Gasteiger partial charge in [0.1, 0.15) is 0 Å². The van der Waals surface area contributed by atoms with Crippen LogP contribution in [0.4, 0.5) is 5.95 Å². The Hall–Kier alpha value is -1.66. The molecule has 0 amide bonds. The highest BCUT2D eigenvalue weighted by atomic mass is 35.5. The number of nitrogens with zero attached hydrogens (tertiary/aromatic N) is 4. The Morgan fingerprint density at radius 2 is 2.09 bits per heavy atom. The smallest absolute Gasteiger partial charge is 0.223 e. The van der Waals surface area contributed by atoms with E-state index >= 15 is 0 Å². The molecule has 0 spiro atoms. The number of halogens is 1. The zero-order valence-electron chi connectivity index (χ0n) is 13.0. The quantitative estimate of drug-likeness (QED) is 0.935. The molecule has 4 heterocycles. The standard InChI is InChI=1S/C16H20ClN5O/c17-13-10-18-16(20-11-4-7-23-8-5-11)21-15(13)12-9-19-22-6-2-1-3-14(12)22/h9-11H,1-8H2,(H,18,20,21). The van der Waals surface area contributed by atoms with Gasteiger partial charge in [0.05, 0.1) is 23.1 Å². The SMILES string of the molecule is Clc1cnc(NC2CCOCC2)nc1-c1cnn2c1CCCC2. The van der Waals surface area contributed by atoms with Gasteiger partial charge in [-0.25, -0.2) is 9.97 Å². The van der Waals surface area contributed by atoms with E-state index in [4.69, 9.17) is 16.3 Å². The van der Waals surface area contributed by atoms with Crippen molar-refractivity contribution in [2.24, 2.45) is 0 Å². The Morgan fingerprint density at radius 3 is 2.96 bits per heavy atom. The lowest BCUT2D eigenvalue weighted by Gasteiger charge is -2.23. The molecule has 0 bridgehead atoms. The second-order valence-corrected chi connectivity index (χ2v) is 6.51. The van der Waals surface area contributed by atoms with Gasteiger partial charge in [-0.2, -0.15) is 5.10 Å². The van der Waals surface area contributed by atoms with Crippen LogP contribution in [0, 0.1) is 0 Å². The minimum absolute atomic E-state index is 0.360. The second kappa shape index (κ2) is 6.45. The summed E-state index contributed by atoms with van der Waals surface area (Å²) in [4.78, 5) is 9.00. The van der Waals surface area contributed by atoms with Gasteiger partial charge in [0.25, 0.3) is 0 Å². The Kier molecular flexibility index (Phi) is 4.18. The van der Waals surface area contributed by atoms with Gasteiger partial charge in [-0.1, -0.05) is 11.6 Å². The fourth-order valence-corrected chi connectivity index (χ4v) is 3.46. The van der Waals surface area contributed by atoms with Crippen molar-refractivity contribution in [1.82, 2.24) is 19.7 Å². The van der Waals surface area contributed by atoms with Crippen LogP contribution in [-0.4, -0.2) is 39.0 Å². The van der Waals surface area contributed by atoms with Crippen molar-refractivity contribution in [2.75, 3.05) is 18.5 Å². The molecular formula is C16H20ClN5O. The number of fused-ring (bicyclic) bond motifs is 1. The number of anilines is 1. The third kappa shape index (κ3) is 3.05. The molecule has 0 saturated carbocycles. The van der Waals surface area contributed by atoms with E-state index in [-0.39, 0.29) is 0 Å². The summed E-state index contributed by atoms with van der Waals surface area (Å²) in [6.07, 6.45) is 8.91. The lowest BCUT2D eigenvalue weighted by atomic mass is 10.0. The van der Waals surface area contributed by atoms with E-state index in [9.17, 15) is 0 Å². The third-order valence-corrected chi connectivity index (χ3v) is 4.81. The van der Waals surface area contributed by atoms with E-state index in [0.717, 1.165) is 50.3 Å². The van der Waals surface area contributed by atoms with E-state index in [1.165, 1.54) is 18.5 Å². The summed E-state index contributed by atoms with van der Waals surface area (Å²) in [7, 11) is 0. The molecule has 2 aromatic heterocycles. The summed E-state index contributed by atoms with van der Waals surface area (Å²) < 4.78 is 7.46. The van der Waals surface area contributed by atoms with Crippen molar-refractivity contribution in [2.45, 2.75) is 44.7 Å². The number of hydrogen-bond donors (Lipinski definition) is 1. The Morgan fingerprint density at radius 1 is 1.22 bits per heavy atom. The molecule has 1 N–H and O–H groups in total. The molecule has 7 heteroatoms. The summed E-state index contributed by atoms with van der Waals surface area (Å²) in [6, 6.07) is 0.360. The molecule has 1 fully saturated rings. The van der Waals surface area contributed by atoms with Crippen LogP contribution in [0.2, 0.25) is 5.02 Å². The second-order valence-electron chi connectivity index (χ2n) is 6.11. The van der Waals surface area contributed by atoms with Crippen LogP contribution in [0.25, 0.3) is 11.3 Å². The summed E-state index contributed by atoms with van der Waals surface area (Å²) >= 11 is 6.36. The number of rotatable bonds is 3. The van der Waals surface area contributed by atoms with Crippen LogP contribution in [0.1, 0.15) is 31.4 Å². The van der Waals surface area contributed by atoms with Gasteiger partial charge >= 0.3 is 0 Å². The molecule has 6 nitrogen and oxygen atoms in total. The molecule has 0 aromatic carbocycles. The molecule has 122 valence electrons. The summed E-state index contributed by atoms with van der Waals surface area (Å²) in [6.45, 7) is 2.55. The third-order valence-electron chi connectivity index (χ3n) is 4.54. The first-order valence-electron chi connectivity index (χ1n) is 8.23. The highest BCUT2D eigenvalue weighted by Crippen LogP contribution is 2.31. The summed E-state index contributed by atoms with van der Waals surface area (Å²) in [5.74, 6) is 0.632. The van der Waals surface area contributed by atoms with Gasteiger partial charge in [0, 0.05) is 37.1 Å². The number of hydrogen-bond acceptors (Lipinski definition) is 5. The van der Waals surface area contributed by atoms with Gasteiger partial charge in [0.2, 0.25) is 5.95 Å². The van der Waals surface area contributed by atoms with Crippen molar-refractivity contribution < 1.29 is 4.74 Å². The van der Waals surface area contributed by atoms with Crippen molar-refractivity contribution >= 4 is 17.5 Å². The zero-order valence-corrected chi connectivity index (χ0v) is 13.7. The van der Waals surface area contributed by atoms with Crippen molar-refractivity contribution in [3.63, 3.8) is 0 Å². The zero-order chi connectivity index (χ0) is 15.6. The van der Waals surface area contributed by atoms with Crippen molar-refractivity contribution in [3.8, 4) is 11.3 Å². The minimum Gasteiger partial charge on any atom is -0.381 e. The van der Waals surface area contributed by atoms with Crippen molar-refractivity contribution in [1.29, 1.82) is 0 Å². The highest BCUT2D eigenvalue weighted by molar-refractivity contribution is 6.32. The number of ether oxygens (including phenoxy) is 1. The van der Waals surface area contributed by atoms with Crippen LogP contribution in [0.5, 0.6) is 0 Å². The lowest BCUT2D eigenvalue weighted by Crippen LogP contribution is -2.28. The normalized spacial score (nSPS) is 18.7. The average Bonchev–Trinajstić information content (AvgIpc) is 3.01. The Balaban J connectivity index is 1.63. The largest absolute Gasteiger partial charge is 0.381 e. The monoisotopic (exact) mass is 333 g/mol. The van der Waals surface area contributed by atoms with E-state index in [2.05, 4.69) is 25.1 Å². The van der Waals surface area contributed by atoms with E-state index in [0.29, 0.717) is 17.0 Å². The maximum absolute atomic E-state index is 6.36. The van der Waals surface area contributed by atoms with Crippen LogP contribution in [0.3, 0.4) is 0 Å². The molecule has 23 heavy (non-hydrogen) atoms. The molecule has 2 aliphatic rings. The van der Waals surface area contributed by atoms with Crippen LogP contribution in [0.15, 0.2) is 12.4 Å². The van der Waals surface area contributed by atoms with Gasteiger partial charge in [-0.15, -0.1) is 0 Å². The molecule has 2 aliphatic heterocycles. The maximum Gasteiger partial charge on any atom is 0.223 e. The molecule has 0 atom stereocenters. The number of nitrogens with one attached hydrogen (secondary N) is 1. The predicted octanol–water partition coefficient (Wildman–Crippen LogP) is 2.92. The van der Waals surface area contributed by atoms with Gasteiger partial charge < -0.3 is 10.1 Å². The van der Waals surface area contributed by atoms with Crippen LogP contribution >= 0.6 is 11.6 Å². The first kappa shape index (κ1) is 14.9. The molecule has 0 unspecified atom stereocenters. The van der Waals surface area contributed by atoms with Crippen LogP contribution < -0.4 is 5.32 Å². The van der Waals surface area contributed by atoms with E-state index in [1.54, 1.807) is 6.20 Å². The summed E-state index contributed by atoms with van der Waals surface area (Å²) in [5, 5.41) is 8.46. The van der Waals surface area contributed by atoms with E-state index in [1.807, 2.05) is 6.20 Å². The molecule has 4 rings (SSSR count). The van der Waals surface area contributed by atoms with Crippen LogP contribution in [-0.2, 0) is 17.7 Å². The topological polar surface area (TPSA) is 64.9 Å². The first-order valence-corrected chi connectivity index (χ1v) is 8.61. The van der Waals surface area contributed by atoms with Gasteiger partial charge in [-0.3, -0.25) is 4.68 Å². The first-order chi connectivity index (χ1) is 11.3. The minimum atomic E-state index is 0.360. The summed E-state index contributed by atoms with van der Waals surface area (Å²) in [5.41, 5.74) is 3.04. The molecule has 2 aromatic rings. The molecule has 0 radical (unpaired) electrons. The molecule has 0 aliphatic carbocycles.